The van der Waals surface area contributed by atoms with Gasteiger partial charge in [0.2, 0.25) is 0 Å². The van der Waals surface area contributed by atoms with Crippen LogP contribution in [0.2, 0.25) is 0 Å². The smallest absolute Gasteiger partial charge is 0.102 e. The van der Waals surface area contributed by atoms with Gasteiger partial charge in [0.25, 0.3) is 0 Å². The Kier molecular flexibility index (Phi) is 2.28. The Labute approximate surface area is 77.2 Å². The van der Waals surface area contributed by atoms with Gasteiger partial charge >= 0.3 is 0 Å². The van der Waals surface area contributed by atoms with Crippen LogP contribution in [0, 0.1) is 11.3 Å². The molecule has 68 valence electrons. The molecule has 0 aromatic carbocycles. The summed E-state index contributed by atoms with van der Waals surface area (Å²) < 4.78 is 1.83. The summed E-state index contributed by atoms with van der Waals surface area (Å²) in [5, 5.41) is 16.1. The third-order valence-corrected chi connectivity index (χ3v) is 2.33. The van der Waals surface area contributed by atoms with Crippen LogP contribution in [-0.4, -0.2) is 22.4 Å². The van der Waals surface area contributed by atoms with Crippen molar-refractivity contribution in [3.05, 3.63) is 18.0 Å². The van der Waals surface area contributed by atoms with Gasteiger partial charge in [0.1, 0.15) is 6.07 Å². The van der Waals surface area contributed by atoms with Gasteiger partial charge in [-0.1, -0.05) is 0 Å². The first-order valence-electron chi connectivity index (χ1n) is 4.54. The largest absolute Gasteiger partial charge is 0.312 e. The van der Waals surface area contributed by atoms with Gasteiger partial charge in [-0.25, -0.2) is 0 Å². The second kappa shape index (κ2) is 3.58. The highest BCUT2D eigenvalue weighted by atomic mass is 15.3. The van der Waals surface area contributed by atoms with E-state index in [1.54, 1.807) is 12.4 Å². The maximum absolute atomic E-state index is 8.59. The van der Waals surface area contributed by atoms with E-state index in [1.165, 1.54) is 12.8 Å². The molecule has 0 radical (unpaired) electrons. The summed E-state index contributed by atoms with van der Waals surface area (Å²) in [6.07, 6.45) is 5.85. The molecule has 1 aromatic rings. The first-order chi connectivity index (χ1) is 6.38. The van der Waals surface area contributed by atoms with Crippen molar-refractivity contribution in [2.24, 2.45) is 0 Å². The van der Waals surface area contributed by atoms with Crippen LogP contribution >= 0.6 is 0 Å². The van der Waals surface area contributed by atoms with E-state index in [-0.39, 0.29) is 0 Å². The molecule has 0 bridgehead atoms. The van der Waals surface area contributed by atoms with Crippen molar-refractivity contribution in [3.8, 4) is 6.07 Å². The van der Waals surface area contributed by atoms with Crippen molar-refractivity contribution in [1.29, 1.82) is 5.26 Å². The monoisotopic (exact) mass is 176 g/mol. The van der Waals surface area contributed by atoms with Crippen molar-refractivity contribution in [1.82, 2.24) is 15.1 Å². The zero-order valence-electron chi connectivity index (χ0n) is 7.40. The summed E-state index contributed by atoms with van der Waals surface area (Å²) in [4.78, 5) is 0. The molecule has 1 saturated heterocycles. The Hall–Kier alpha value is -1.34. The van der Waals surface area contributed by atoms with Crippen LogP contribution < -0.4 is 5.32 Å². The first kappa shape index (κ1) is 8.27. The van der Waals surface area contributed by atoms with Crippen molar-refractivity contribution < 1.29 is 0 Å². The fourth-order valence-electron chi connectivity index (χ4n) is 1.66. The summed E-state index contributed by atoms with van der Waals surface area (Å²) >= 11 is 0. The molecule has 0 spiro atoms. The van der Waals surface area contributed by atoms with Gasteiger partial charge in [0, 0.05) is 12.2 Å². The highest BCUT2D eigenvalue weighted by Crippen LogP contribution is 2.07. The van der Waals surface area contributed by atoms with Gasteiger partial charge in [-0.15, -0.1) is 0 Å². The highest BCUT2D eigenvalue weighted by molar-refractivity contribution is 5.21. The molecule has 0 amide bonds. The normalized spacial score (nSPS) is 21.6. The van der Waals surface area contributed by atoms with E-state index in [9.17, 15) is 0 Å². The van der Waals surface area contributed by atoms with Crippen LogP contribution in [0.5, 0.6) is 0 Å². The Bertz CT molecular complexity index is 317. The van der Waals surface area contributed by atoms with Crippen molar-refractivity contribution in [2.75, 3.05) is 6.54 Å². The molecule has 2 rings (SSSR count). The number of nitrogens with zero attached hydrogens (tertiary/aromatic N) is 3. The third kappa shape index (κ3) is 1.87. The van der Waals surface area contributed by atoms with Crippen molar-refractivity contribution >= 4 is 0 Å². The average molecular weight is 176 g/mol. The Morgan fingerprint density at radius 2 is 2.69 bits per heavy atom. The van der Waals surface area contributed by atoms with Gasteiger partial charge in [-0.05, 0) is 19.4 Å². The maximum atomic E-state index is 8.59. The van der Waals surface area contributed by atoms with Gasteiger partial charge < -0.3 is 5.32 Å². The average Bonchev–Trinajstić information content (AvgIpc) is 2.76. The van der Waals surface area contributed by atoms with Gasteiger partial charge in [-0.3, -0.25) is 4.68 Å². The van der Waals surface area contributed by atoms with E-state index in [0.717, 1.165) is 13.1 Å². The van der Waals surface area contributed by atoms with Crippen LogP contribution in [0.1, 0.15) is 18.4 Å². The molecular weight excluding hydrogens is 164 g/mol. The molecule has 0 unspecified atom stereocenters. The fraction of sp³-hybridized carbons (Fsp3) is 0.556. The molecule has 13 heavy (non-hydrogen) atoms. The lowest BCUT2D eigenvalue weighted by atomic mass is 10.2. The number of aromatic nitrogens is 2. The SMILES string of the molecule is N#Cc1cnn(C[C@H]2CCCN2)c1. The molecule has 0 saturated carbocycles. The van der Waals surface area contributed by atoms with Gasteiger partial charge in [-0.2, -0.15) is 10.4 Å². The highest BCUT2D eigenvalue weighted by Gasteiger charge is 2.14. The predicted molar refractivity (Wildman–Crippen MR) is 48.0 cm³/mol. The predicted octanol–water partition coefficient (Wildman–Crippen LogP) is 0.507. The Morgan fingerprint density at radius 3 is 3.31 bits per heavy atom. The molecule has 1 aliphatic heterocycles. The minimum atomic E-state index is 0.534. The zero-order valence-corrected chi connectivity index (χ0v) is 7.40. The van der Waals surface area contributed by atoms with E-state index in [1.807, 2.05) is 4.68 Å². The molecule has 1 fully saturated rings. The van der Waals surface area contributed by atoms with E-state index in [4.69, 9.17) is 5.26 Å². The summed E-state index contributed by atoms with van der Waals surface area (Å²) in [5.74, 6) is 0. The van der Waals surface area contributed by atoms with E-state index >= 15 is 0 Å². The minimum Gasteiger partial charge on any atom is -0.312 e. The van der Waals surface area contributed by atoms with E-state index < -0.39 is 0 Å². The third-order valence-electron chi connectivity index (χ3n) is 2.33. The van der Waals surface area contributed by atoms with E-state index in [2.05, 4.69) is 16.5 Å². The molecule has 4 nitrogen and oxygen atoms in total. The second-order valence-electron chi connectivity index (χ2n) is 3.36. The molecule has 4 heteroatoms. The number of nitriles is 1. The zero-order chi connectivity index (χ0) is 9.10. The summed E-state index contributed by atoms with van der Waals surface area (Å²) in [5.41, 5.74) is 0.637. The molecule has 1 aromatic heterocycles. The lowest BCUT2D eigenvalue weighted by Gasteiger charge is -2.08. The fourth-order valence-corrected chi connectivity index (χ4v) is 1.66. The van der Waals surface area contributed by atoms with Crippen LogP contribution in [0.4, 0.5) is 0 Å². The Morgan fingerprint density at radius 1 is 1.77 bits per heavy atom. The lowest BCUT2D eigenvalue weighted by molar-refractivity contribution is 0.476. The second-order valence-corrected chi connectivity index (χ2v) is 3.36. The molecule has 0 aliphatic carbocycles. The molecule has 1 aliphatic rings. The summed E-state index contributed by atoms with van der Waals surface area (Å²) in [6.45, 7) is 1.98. The number of rotatable bonds is 2. The summed E-state index contributed by atoms with van der Waals surface area (Å²) in [7, 11) is 0. The van der Waals surface area contributed by atoms with Crippen molar-refractivity contribution in [3.63, 3.8) is 0 Å². The van der Waals surface area contributed by atoms with Crippen LogP contribution in [0.25, 0.3) is 0 Å². The van der Waals surface area contributed by atoms with Gasteiger partial charge in [0.05, 0.1) is 18.3 Å². The van der Waals surface area contributed by atoms with Crippen LogP contribution in [0.3, 0.4) is 0 Å². The van der Waals surface area contributed by atoms with Crippen LogP contribution in [-0.2, 0) is 6.54 Å². The minimum absolute atomic E-state index is 0.534. The number of hydrogen-bond acceptors (Lipinski definition) is 3. The molecular formula is C9H12N4. The quantitative estimate of drug-likeness (QED) is 0.714. The maximum Gasteiger partial charge on any atom is 0.102 e. The number of hydrogen-bond donors (Lipinski definition) is 1. The van der Waals surface area contributed by atoms with E-state index in [0.29, 0.717) is 11.6 Å². The van der Waals surface area contributed by atoms with Crippen molar-refractivity contribution in [2.45, 2.75) is 25.4 Å². The number of nitrogens with one attached hydrogen (secondary N) is 1. The first-order valence-corrected chi connectivity index (χ1v) is 4.54. The summed E-state index contributed by atoms with van der Waals surface area (Å²) in [6, 6.07) is 2.60. The Balaban J connectivity index is 1.97. The van der Waals surface area contributed by atoms with Crippen LogP contribution in [0.15, 0.2) is 12.4 Å². The lowest BCUT2D eigenvalue weighted by Crippen LogP contribution is -2.26. The van der Waals surface area contributed by atoms with Gasteiger partial charge in [0.15, 0.2) is 0 Å². The topological polar surface area (TPSA) is 53.6 Å². The molecule has 1 atom stereocenters. The molecule has 2 heterocycles. The standard InChI is InChI=1S/C9H12N4/c10-4-8-5-12-13(6-8)7-9-2-1-3-11-9/h5-6,9,11H,1-3,7H2/t9-/m1/s1. The molecule has 1 N–H and O–H groups in total.